The highest BCUT2D eigenvalue weighted by atomic mass is 35.5. The molecular weight excluding hydrogens is 394 g/mol. The van der Waals surface area contributed by atoms with Gasteiger partial charge in [-0.2, -0.15) is 5.26 Å². The molecule has 4 rings (SSSR count). The summed E-state index contributed by atoms with van der Waals surface area (Å²) < 4.78 is 5.70. The highest BCUT2D eigenvalue weighted by molar-refractivity contribution is 7.17. The standard InChI is InChI=1S/C20H14ClN5OS/c21-16-11-28-20-17(16)18(25-12-26-20)23-9-7-13-3-5-15(6-4-13)27-19-14(10-22)2-1-8-24-19/h1-6,8,11-12H,7,9H2,(H,23,25,26). The molecule has 0 saturated heterocycles. The third-order valence-corrected chi connectivity index (χ3v) is 5.37. The van der Waals surface area contributed by atoms with Crippen molar-refractivity contribution in [3.05, 3.63) is 70.5 Å². The lowest BCUT2D eigenvalue weighted by Gasteiger charge is -2.09. The Morgan fingerprint density at radius 1 is 1.14 bits per heavy atom. The maximum Gasteiger partial charge on any atom is 0.237 e. The number of nitrogens with zero attached hydrogens (tertiary/aromatic N) is 4. The lowest BCUT2D eigenvalue weighted by molar-refractivity contribution is 0.461. The van der Waals surface area contributed by atoms with Crippen molar-refractivity contribution in [3.8, 4) is 17.7 Å². The van der Waals surface area contributed by atoms with Crippen LogP contribution in [0.15, 0.2) is 54.3 Å². The monoisotopic (exact) mass is 407 g/mol. The fraction of sp³-hybridized carbons (Fsp3) is 0.100. The number of ether oxygens (including phenoxy) is 1. The third kappa shape index (κ3) is 3.88. The van der Waals surface area contributed by atoms with Crippen LogP contribution in [0.3, 0.4) is 0 Å². The number of aromatic nitrogens is 3. The van der Waals surface area contributed by atoms with E-state index in [1.54, 1.807) is 18.3 Å². The van der Waals surface area contributed by atoms with Crippen LogP contribution in [0.4, 0.5) is 5.82 Å². The summed E-state index contributed by atoms with van der Waals surface area (Å²) in [7, 11) is 0. The first-order chi connectivity index (χ1) is 13.7. The largest absolute Gasteiger partial charge is 0.438 e. The number of rotatable bonds is 6. The van der Waals surface area contributed by atoms with Crippen molar-refractivity contribution < 1.29 is 4.74 Å². The second-order valence-corrected chi connectivity index (χ2v) is 7.14. The summed E-state index contributed by atoms with van der Waals surface area (Å²) in [6.07, 6.45) is 3.94. The molecule has 0 aliphatic heterocycles. The first-order valence-corrected chi connectivity index (χ1v) is 9.74. The molecule has 0 fully saturated rings. The van der Waals surface area contributed by atoms with Crippen molar-refractivity contribution in [2.24, 2.45) is 0 Å². The zero-order chi connectivity index (χ0) is 19.3. The molecule has 4 aromatic rings. The van der Waals surface area contributed by atoms with E-state index in [9.17, 15) is 0 Å². The summed E-state index contributed by atoms with van der Waals surface area (Å²) in [5.74, 6) is 1.68. The Bertz CT molecular complexity index is 1150. The lowest BCUT2D eigenvalue weighted by atomic mass is 10.1. The Kier molecular flexibility index (Phi) is 5.33. The SMILES string of the molecule is N#Cc1cccnc1Oc1ccc(CCNc2ncnc3scc(Cl)c23)cc1. The van der Waals surface area contributed by atoms with Gasteiger partial charge in [-0.1, -0.05) is 23.7 Å². The van der Waals surface area contributed by atoms with Gasteiger partial charge < -0.3 is 10.1 Å². The summed E-state index contributed by atoms with van der Waals surface area (Å²) in [4.78, 5) is 13.5. The quantitative estimate of drug-likeness (QED) is 0.481. The molecule has 0 aliphatic carbocycles. The van der Waals surface area contributed by atoms with Crippen molar-refractivity contribution in [2.45, 2.75) is 6.42 Å². The van der Waals surface area contributed by atoms with Crippen molar-refractivity contribution in [1.82, 2.24) is 15.0 Å². The predicted octanol–water partition coefficient (Wildman–Crippen LogP) is 5.06. The van der Waals surface area contributed by atoms with Crippen molar-refractivity contribution in [3.63, 3.8) is 0 Å². The molecule has 0 unspecified atom stereocenters. The van der Waals surface area contributed by atoms with Gasteiger partial charge in [0.1, 0.15) is 34.4 Å². The molecule has 0 radical (unpaired) electrons. The number of hydrogen-bond donors (Lipinski definition) is 1. The van der Waals surface area contributed by atoms with Gasteiger partial charge in [0.15, 0.2) is 0 Å². The number of fused-ring (bicyclic) bond motifs is 1. The minimum atomic E-state index is 0.305. The van der Waals surface area contributed by atoms with Crippen molar-refractivity contribution >= 4 is 39.0 Å². The number of pyridine rings is 1. The summed E-state index contributed by atoms with van der Waals surface area (Å²) >= 11 is 7.73. The molecule has 1 aromatic carbocycles. The normalized spacial score (nSPS) is 10.6. The van der Waals surface area contributed by atoms with Crippen LogP contribution in [-0.2, 0) is 6.42 Å². The molecule has 8 heteroatoms. The summed E-state index contributed by atoms with van der Waals surface area (Å²) in [6, 6.07) is 13.1. The van der Waals surface area contributed by atoms with Crippen LogP contribution in [-0.4, -0.2) is 21.5 Å². The van der Waals surface area contributed by atoms with Crippen molar-refractivity contribution in [1.29, 1.82) is 5.26 Å². The van der Waals surface area contributed by atoms with Gasteiger partial charge in [-0.15, -0.1) is 11.3 Å². The van der Waals surface area contributed by atoms with Crippen LogP contribution >= 0.6 is 22.9 Å². The van der Waals surface area contributed by atoms with Gasteiger partial charge in [0, 0.05) is 18.1 Å². The number of anilines is 1. The molecule has 1 N–H and O–H groups in total. The maximum absolute atomic E-state index is 9.11. The zero-order valence-electron chi connectivity index (χ0n) is 14.6. The van der Waals surface area contributed by atoms with Crippen LogP contribution in [0.5, 0.6) is 11.6 Å². The number of nitrogens with one attached hydrogen (secondary N) is 1. The van der Waals surface area contributed by atoms with E-state index < -0.39 is 0 Å². The Hall–Kier alpha value is -3.21. The molecule has 3 aromatic heterocycles. The second kappa shape index (κ2) is 8.21. The summed E-state index contributed by atoms with van der Waals surface area (Å²) in [5.41, 5.74) is 1.54. The Labute approximate surface area is 170 Å². The first-order valence-electron chi connectivity index (χ1n) is 8.48. The zero-order valence-corrected chi connectivity index (χ0v) is 16.2. The van der Waals surface area contributed by atoms with E-state index in [1.807, 2.05) is 29.6 Å². The van der Waals surface area contributed by atoms with E-state index in [0.717, 1.165) is 28.0 Å². The van der Waals surface area contributed by atoms with Crippen LogP contribution in [0.25, 0.3) is 10.2 Å². The molecule has 6 nitrogen and oxygen atoms in total. The number of nitriles is 1. The van der Waals surface area contributed by atoms with Gasteiger partial charge in [-0.05, 0) is 36.2 Å². The number of benzene rings is 1. The number of halogens is 1. The van der Waals surface area contributed by atoms with E-state index in [1.165, 1.54) is 17.7 Å². The molecule has 28 heavy (non-hydrogen) atoms. The van der Waals surface area contributed by atoms with Crippen LogP contribution < -0.4 is 10.1 Å². The Morgan fingerprint density at radius 3 is 2.82 bits per heavy atom. The summed E-state index contributed by atoms with van der Waals surface area (Å²) in [6.45, 7) is 0.706. The lowest BCUT2D eigenvalue weighted by Crippen LogP contribution is -2.06. The van der Waals surface area contributed by atoms with Gasteiger partial charge in [0.05, 0.1) is 10.4 Å². The fourth-order valence-corrected chi connectivity index (χ4v) is 3.83. The minimum Gasteiger partial charge on any atom is -0.438 e. The van der Waals surface area contributed by atoms with Crippen LogP contribution in [0.2, 0.25) is 5.02 Å². The van der Waals surface area contributed by atoms with Gasteiger partial charge in [0.25, 0.3) is 0 Å². The van der Waals surface area contributed by atoms with Crippen LogP contribution in [0.1, 0.15) is 11.1 Å². The molecule has 138 valence electrons. The van der Waals surface area contributed by atoms with E-state index in [0.29, 0.717) is 28.8 Å². The second-order valence-electron chi connectivity index (χ2n) is 5.88. The molecule has 0 bridgehead atoms. The number of hydrogen-bond acceptors (Lipinski definition) is 7. The molecule has 0 amide bonds. The van der Waals surface area contributed by atoms with Crippen LogP contribution in [0, 0.1) is 11.3 Å². The first kappa shape index (κ1) is 18.2. The van der Waals surface area contributed by atoms with Crippen molar-refractivity contribution in [2.75, 3.05) is 11.9 Å². The molecule has 0 atom stereocenters. The Morgan fingerprint density at radius 2 is 2.00 bits per heavy atom. The highest BCUT2D eigenvalue weighted by Gasteiger charge is 2.09. The molecule has 0 aliphatic rings. The van der Waals surface area contributed by atoms with E-state index in [-0.39, 0.29) is 0 Å². The van der Waals surface area contributed by atoms with Gasteiger partial charge >= 0.3 is 0 Å². The maximum atomic E-state index is 9.11. The summed E-state index contributed by atoms with van der Waals surface area (Å²) in [5, 5.41) is 15.8. The fourth-order valence-electron chi connectivity index (χ4n) is 2.69. The predicted molar refractivity (Wildman–Crippen MR) is 110 cm³/mol. The van der Waals surface area contributed by atoms with Gasteiger partial charge in [0.2, 0.25) is 5.88 Å². The smallest absolute Gasteiger partial charge is 0.237 e. The van der Waals surface area contributed by atoms with E-state index in [2.05, 4.69) is 26.3 Å². The third-order valence-electron chi connectivity index (χ3n) is 4.06. The molecular formula is C20H14ClN5OS. The van der Waals surface area contributed by atoms with Gasteiger partial charge in [-0.25, -0.2) is 15.0 Å². The van der Waals surface area contributed by atoms with Gasteiger partial charge in [-0.3, -0.25) is 0 Å². The topological polar surface area (TPSA) is 83.7 Å². The number of thiophene rings is 1. The Balaban J connectivity index is 1.38. The van der Waals surface area contributed by atoms with E-state index >= 15 is 0 Å². The average Bonchev–Trinajstić information content (AvgIpc) is 3.11. The average molecular weight is 408 g/mol. The van der Waals surface area contributed by atoms with E-state index in [4.69, 9.17) is 21.6 Å². The molecule has 0 spiro atoms. The highest BCUT2D eigenvalue weighted by Crippen LogP contribution is 2.32. The molecule has 3 heterocycles. The minimum absolute atomic E-state index is 0.305. The molecule has 0 saturated carbocycles.